The molecule has 0 saturated heterocycles. The highest BCUT2D eigenvalue weighted by Gasteiger charge is 1.92. The molecule has 13 heavy (non-hydrogen) atoms. The molecule has 0 heterocycles. The van der Waals surface area contributed by atoms with E-state index in [1.54, 1.807) is 0 Å². The molecule has 0 fully saturated rings. The number of rotatable bonds is 4. The predicted molar refractivity (Wildman–Crippen MR) is 53.8 cm³/mol. The molecule has 0 aliphatic rings. The lowest BCUT2D eigenvalue weighted by atomic mass is 10.1. The Hall–Kier alpha value is -1.18. The Balaban J connectivity index is 2.37. The minimum absolute atomic E-state index is 0.555. The lowest BCUT2D eigenvalue weighted by Gasteiger charge is -1.98. The molecule has 1 aromatic carbocycles. The van der Waals surface area contributed by atoms with E-state index in [0.29, 0.717) is 6.54 Å². The smallest absolute Gasteiger partial charge is 0.0406 e. The maximum absolute atomic E-state index is 8.04. The van der Waals surface area contributed by atoms with Crippen molar-refractivity contribution in [2.75, 3.05) is 6.54 Å². The van der Waals surface area contributed by atoms with Crippen LogP contribution >= 0.6 is 11.6 Å². The maximum atomic E-state index is 8.04. The Morgan fingerprint density at radius 2 is 2.00 bits per heavy atom. The standard InChI is InChI=1S/C9H10ClN3/c10-9-5-3-8(4-6-9)2-1-7-12-13-11/h3-6H,1-2,7H2. The number of benzene rings is 1. The predicted octanol–water partition coefficient (Wildman–Crippen LogP) is 3.58. The van der Waals surface area contributed by atoms with Gasteiger partial charge in [0.05, 0.1) is 0 Å². The molecule has 0 amide bonds. The van der Waals surface area contributed by atoms with Crippen LogP contribution in [-0.2, 0) is 6.42 Å². The summed E-state index contributed by atoms with van der Waals surface area (Å²) in [4.78, 5) is 2.68. The highest BCUT2D eigenvalue weighted by atomic mass is 35.5. The molecule has 68 valence electrons. The molecule has 0 spiro atoms. The van der Waals surface area contributed by atoms with Crippen LogP contribution in [-0.4, -0.2) is 6.54 Å². The van der Waals surface area contributed by atoms with Crippen LogP contribution in [0.25, 0.3) is 10.4 Å². The van der Waals surface area contributed by atoms with Crippen LogP contribution in [0.2, 0.25) is 5.02 Å². The van der Waals surface area contributed by atoms with Crippen molar-refractivity contribution < 1.29 is 0 Å². The Morgan fingerprint density at radius 3 is 2.62 bits per heavy atom. The number of nitrogens with zero attached hydrogens (tertiary/aromatic N) is 3. The van der Waals surface area contributed by atoms with Crippen LogP contribution in [0.4, 0.5) is 0 Å². The molecule has 0 aromatic heterocycles. The van der Waals surface area contributed by atoms with Gasteiger partial charge in [0.2, 0.25) is 0 Å². The first kappa shape index (κ1) is 9.90. The summed E-state index contributed by atoms with van der Waals surface area (Å²) in [7, 11) is 0. The Morgan fingerprint density at radius 1 is 1.31 bits per heavy atom. The van der Waals surface area contributed by atoms with Crippen molar-refractivity contribution in [2.45, 2.75) is 12.8 Å². The van der Waals surface area contributed by atoms with E-state index in [9.17, 15) is 0 Å². The van der Waals surface area contributed by atoms with Crippen molar-refractivity contribution in [1.29, 1.82) is 0 Å². The quantitative estimate of drug-likeness (QED) is 0.305. The fourth-order valence-corrected chi connectivity index (χ4v) is 1.18. The number of hydrogen-bond donors (Lipinski definition) is 0. The zero-order valence-corrected chi connectivity index (χ0v) is 7.91. The Kier molecular flexibility index (Phi) is 4.16. The van der Waals surface area contributed by atoms with Crippen molar-refractivity contribution in [3.8, 4) is 0 Å². The third-order valence-corrected chi connectivity index (χ3v) is 1.95. The van der Waals surface area contributed by atoms with Gasteiger partial charge in [-0.15, -0.1) is 0 Å². The molecule has 0 radical (unpaired) electrons. The Labute approximate surface area is 82.0 Å². The molecule has 0 aliphatic heterocycles. The van der Waals surface area contributed by atoms with Gasteiger partial charge in [0.15, 0.2) is 0 Å². The molecule has 0 N–H and O–H groups in total. The second kappa shape index (κ2) is 5.46. The molecule has 0 saturated carbocycles. The molecule has 0 bridgehead atoms. The molecule has 0 atom stereocenters. The van der Waals surface area contributed by atoms with Crippen LogP contribution < -0.4 is 0 Å². The van der Waals surface area contributed by atoms with E-state index in [1.807, 2.05) is 24.3 Å². The van der Waals surface area contributed by atoms with Gasteiger partial charge >= 0.3 is 0 Å². The molecule has 4 heteroatoms. The van der Waals surface area contributed by atoms with Gasteiger partial charge < -0.3 is 0 Å². The number of hydrogen-bond acceptors (Lipinski definition) is 1. The van der Waals surface area contributed by atoms with Crippen molar-refractivity contribution in [1.82, 2.24) is 0 Å². The SMILES string of the molecule is [N-]=[N+]=NCCCc1ccc(Cl)cc1. The normalized spacial score (nSPS) is 9.31. The second-order valence-electron chi connectivity index (χ2n) is 2.68. The van der Waals surface area contributed by atoms with E-state index in [1.165, 1.54) is 5.56 Å². The molecule has 0 unspecified atom stereocenters. The monoisotopic (exact) mass is 195 g/mol. The van der Waals surface area contributed by atoms with Gasteiger partial charge in [0, 0.05) is 16.5 Å². The first-order chi connectivity index (χ1) is 6.33. The third-order valence-electron chi connectivity index (χ3n) is 1.70. The molecule has 1 rings (SSSR count). The zero-order chi connectivity index (χ0) is 9.52. The summed E-state index contributed by atoms with van der Waals surface area (Å²) in [5.74, 6) is 0. The van der Waals surface area contributed by atoms with Gasteiger partial charge in [0.1, 0.15) is 0 Å². The van der Waals surface area contributed by atoms with Crippen LogP contribution in [0.3, 0.4) is 0 Å². The van der Waals surface area contributed by atoms with Gasteiger partial charge in [-0.3, -0.25) is 0 Å². The van der Waals surface area contributed by atoms with Gasteiger partial charge in [-0.2, -0.15) is 0 Å². The van der Waals surface area contributed by atoms with E-state index in [2.05, 4.69) is 10.0 Å². The summed E-state index contributed by atoms with van der Waals surface area (Å²) >= 11 is 5.73. The lowest BCUT2D eigenvalue weighted by molar-refractivity contribution is 0.827. The van der Waals surface area contributed by atoms with E-state index >= 15 is 0 Å². The average molecular weight is 196 g/mol. The number of halogens is 1. The fourth-order valence-electron chi connectivity index (χ4n) is 1.05. The van der Waals surface area contributed by atoms with Crippen LogP contribution in [0.15, 0.2) is 29.4 Å². The van der Waals surface area contributed by atoms with E-state index in [-0.39, 0.29) is 0 Å². The van der Waals surface area contributed by atoms with Crippen molar-refractivity contribution in [3.05, 3.63) is 45.3 Å². The minimum atomic E-state index is 0.555. The summed E-state index contributed by atoms with van der Waals surface area (Å²) < 4.78 is 0. The maximum Gasteiger partial charge on any atom is 0.0406 e. The first-order valence-corrected chi connectivity index (χ1v) is 4.46. The van der Waals surface area contributed by atoms with E-state index in [0.717, 1.165) is 17.9 Å². The van der Waals surface area contributed by atoms with Crippen LogP contribution in [0.5, 0.6) is 0 Å². The van der Waals surface area contributed by atoms with Gasteiger partial charge in [-0.05, 0) is 36.1 Å². The largest absolute Gasteiger partial charge is 0.0940 e. The highest BCUT2D eigenvalue weighted by molar-refractivity contribution is 6.30. The van der Waals surface area contributed by atoms with Crippen molar-refractivity contribution >= 4 is 11.6 Å². The van der Waals surface area contributed by atoms with Gasteiger partial charge in [-0.25, -0.2) is 0 Å². The average Bonchev–Trinajstić information content (AvgIpc) is 2.15. The zero-order valence-electron chi connectivity index (χ0n) is 7.15. The van der Waals surface area contributed by atoms with E-state index in [4.69, 9.17) is 17.1 Å². The fraction of sp³-hybridized carbons (Fsp3) is 0.333. The molecule has 3 nitrogen and oxygen atoms in total. The van der Waals surface area contributed by atoms with Crippen molar-refractivity contribution in [3.63, 3.8) is 0 Å². The van der Waals surface area contributed by atoms with Gasteiger partial charge in [0.25, 0.3) is 0 Å². The summed E-state index contributed by atoms with van der Waals surface area (Å²) in [5.41, 5.74) is 9.26. The molecular weight excluding hydrogens is 186 g/mol. The van der Waals surface area contributed by atoms with Crippen LogP contribution in [0.1, 0.15) is 12.0 Å². The summed E-state index contributed by atoms with van der Waals surface area (Å²) in [6, 6.07) is 7.70. The summed E-state index contributed by atoms with van der Waals surface area (Å²) in [5, 5.41) is 4.21. The highest BCUT2D eigenvalue weighted by Crippen LogP contribution is 2.10. The first-order valence-electron chi connectivity index (χ1n) is 4.08. The minimum Gasteiger partial charge on any atom is -0.0940 e. The number of aryl methyl sites for hydroxylation is 1. The van der Waals surface area contributed by atoms with Gasteiger partial charge in [-0.1, -0.05) is 28.8 Å². The topological polar surface area (TPSA) is 48.8 Å². The summed E-state index contributed by atoms with van der Waals surface area (Å²) in [6.07, 6.45) is 1.81. The molecule has 1 aromatic rings. The molecular formula is C9H10ClN3. The third kappa shape index (κ3) is 3.83. The second-order valence-corrected chi connectivity index (χ2v) is 3.12. The van der Waals surface area contributed by atoms with Crippen molar-refractivity contribution in [2.24, 2.45) is 5.11 Å². The van der Waals surface area contributed by atoms with Crippen LogP contribution in [0, 0.1) is 0 Å². The Bertz CT molecular complexity index is 301. The summed E-state index contributed by atoms with van der Waals surface area (Å²) in [6.45, 7) is 0.555. The molecule has 0 aliphatic carbocycles. The number of azide groups is 1. The van der Waals surface area contributed by atoms with E-state index < -0.39 is 0 Å². The lowest BCUT2D eigenvalue weighted by Crippen LogP contribution is -1.86.